The van der Waals surface area contributed by atoms with E-state index in [1.165, 1.54) is 0 Å². The van der Waals surface area contributed by atoms with Gasteiger partial charge in [-0.1, -0.05) is 0 Å². The van der Waals surface area contributed by atoms with Gasteiger partial charge in [-0.3, -0.25) is 0 Å². The van der Waals surface area contributed by atoms with Crippen molar-refractivity contribution < 1.29 is 53.6 Å². The summed E-state index contributed by atoms with van der Waals surface area (Å²) in [5.74, 6) is 0. The molecule has 8 heavy (non-hydrogen) atoms. The fourth-order valence-electron chi connectivity index (χ4n) is 0.187. The summed E-state index contributed by atoms with van der Waals surface area (Å²) in [6.45, 7) is 1.73. The molecule has 0 aromatic rings. The van der Waals surface area contributed by atoms with E-state index in [-0.39, 0.29) is 56.1 Å². The second kappa shape index (κ2) is 11.2. The van der Waals surface area contributed by atoms with Crippen LogP contribution in [0.25, 0.3) is 0 Å². The molecule has 0 amide bonds. The molecule has 0 saturated heterocycles. The van der Waals surface area contributed by atoms with E-state index < -0.39 is 0 Å². The Labute approximate surface area is 79.4 Å². The summed E-state index contributed by atoms with van der Waals surface area (Å²) in [5, 5.41) is 16.5. The Morgan fingerprint density at radius 1 is 1.38 bits per heavy atom. The molecule has 4 heteroatoms. The number of hydrogen-bond donors (Lipinski definition) is 2. The van der Waals surface area contributed by atoms with Gasteiger partial charge in [0, 0.05) is 50.0 Å². The van der Waals surface area contributed by atoms with Crippen molar-refractivity contribution in [2.75, 3.05) is 6.61 Å². The van der Waals surface area contributed by atoms with Crippen LogP contribution >= 0.6 is 0 Å². The Bertz CT molecular complexity index is 33.2. The summed E-state index contributed by atoms with van der Waals surface area (Å²) in [4.78, 5) is 0. The molecule has 0 aliphatic carbocycles. The third kappa shape index (κ3) is 15.7. The molecule has 0 rings (SSSR count). The standard InChI is InChI=1S/C4H10O2.2Ti/c1-4(6)2-3-5;;/h4-6H,2-3H2,1H3;;. The number of aliphatic hydroxyl groups excluding tert-OH is 2. The monoisotopic (exact) mass is 186 g/mol. The normalized spacial score (nSPS) is 10.9. The molecule has 0 aliphatic heterocycles. The van der Waals surface area contributed by atoms with E-state index in [4.69, 9.17) is 10.2 Å². The van der Waals surface area contributed by atoms with Gasteiger partial charge in [0.1, 0.15) is 0 Å². The molecule has 2 N–H and O–H groups in total. The maximum Gasteiger partial charge on any atom is 0.0533 e. The van der Waals surface area contributed by atoms with Crippen molar-refractivity contribution in [1.29, 1.82) is 0 Å². The Balaban J connectivity index is -0.000000125. The molecule has 0 aromatic heterocycles. The predicted molar refractivity (Wildman–Crippen MR) is 23.4 cm³/mol. The molecule has 0 radical (unpaired) electrons. The second-order valence-electron chi connectivity index (χ2n) is 1.36. The van der Waals surface area contributed by atoms with Crippen LogP contribution in [0.1, 0.15) is 13.3 Å². The summed E-state index contributed by atoms with van der Waals surface area (Å²) in [6.07, 6.45) is 0.134. The van der Waals surface area contributed by atoms with Crippen molar-refractivity contribution in [2.45, 2.75) is 19.4 Å². The quantitative estimate of drug-likeness (QED) is 0.583. The van der Waals surface area contributed by atoms with Gasteiger partial charge in [-0.25, -0.2) is 0 Å². The van der Waals surface area contributed by atoms with E-state index in [0.717, 1.165) is 0 Å². The third-order valence-electron chi connectivity index (χ3n) is 0.547. The third-order valence-corrected chi connectivity index (χ3v) is 0.547. The van der Waals surface area contributed by atoms with Crippen LogP contribution in [0.5, 0.6) is 0 Å². The second-order valence-corrected chi connectivity index (χ2v) is 1.36. The van der Waals surface area contributed by atoms with Gasteiger partial charge in [0.05, 0.1) is 6.10 Å². The van der Waals surface area contributed by atoms with Crippen LogP contribution in [0, 0.1) is 0 Å². The van der Waals surface area contributed by atoms with Gasteiger partial charge in [-0.05, 0) is 13.3 Å². The van der Waals surface area contributed by atoms with Crippen molar-refractivity contribution in [3.63, 3.8) is 0 Å². The summed E-state index contributed by atoms with van der Waals surface area (Å²) in [5.41, 5.74) is 0. The topological polar surface area (TPSA) is 40.5 Å². The van der Waals surface area contributed by atoms with Crippen molar-refractivity contribution in [2.24, 2.45) is 0 Å². The average molecular weight is 186 g/mol. The van der Waals surface area contributed by atoms with Gasteiger partial charge in [0.25, 0.3) is 0 Å². The molecule has 0 saturated carbocycles. The van der Waals surface area contributed by atoms with Gasteiger partial charge in [-0.15, -0.1) is 0 Å². The molecule has 1 atom stereocenters. The Morgan fingerprint density at radius 3 is 1.75 bits per heavy atom. The fourth-order valence-corrected chi connectivity index (χ4v) is 0.187. The number of aliphatic hydroxyl groups is 2. The van der Waals surface area contributed by atoms with Gasteiger partial charge in [0.2, 0.25) is 0 Å². The van der Waals surface area contributed by atoms with Crippen molar-refractivity contribution in [1.82, 2.24) is 0 Å². The van der Waals surface area contributed by atoms with Crippen LogP contribution in [0.15, 0.2) is 0 Å². The Morgan fingerprint density at radius 2 is 1.75 bits per heavy atom. The average Bonchev–Trinajstić information content (AvgIpc) is 1.35. The van der Waals surface area contributed by atoms with Gasteiger partial charge < -0.3 is 10.2 Å². The first-order chi connectivity index (χ1) is 2.77. The van der Waals surface area contributed by atoms with E-state index in [2.05, 4.69) is 0 Å². The zero-order valence-corrected chi connectivity index (χ0v) is 8.01. The van der Waals surface area contributed by atoms with Crippen molar-refractivity contribution >= 4 is 0 Å². The minimum atomic E-state index is -0.352. The molecular formula is C4H10O2Ti2. The van der Waals surface area contributed by atoms with Crippen LogP contribution in [0.2, 0.25) is 0 Å². The van der Waals surface area contributed by atoms with E-state index in [1.54, 1.807) is 6.92 Å². The van der Waals surface area contributed by atoms with Crippen molar-refractivity contribution in [3.8, 4) is 0 Å². The predicted octanol–water partition coefficient (Wildman–Crippen LogP) is -0.255. The van der Waals surface area contributed by atoms with Crippen LogP contribution in [0.3, 0.4) is 0 Å². The molecule has 0 heterocycles. The number of hydrogen-bond acceptors (Lipinski definition) is 2. The van der Waals surface area contributed by atoms with Crippen LogP contribution in [-0.4, -0.2) is 22.9 Å². The first-order valence-electron chi connectivity index (χ1n) is 2.06. The van der Waals surface area contributed by atoms with Crippen LogP contribution in [-0.2, 0) is 43.4 Å². The molecule has 0 fully saturated rings. The molecule has 0 aromatic carbocycles. The summed E-state index contributed by atoms with van der Waals surface area (Å²) in [6, 6.07) is 0. The minimum Gasteiger partial charge on any atom is -0.396 e. The maximum absolute atomic E-state index is 8.39. The molecule has 1 unspecified atom stereocenters. The smallest absolute Gasteiger partial charge is 0.0533 e. The first kappa shape index (κ1) is 16.2. The van der Waals surface area contributed by atoms with Crippen LogP contribution < -0.4 is 0 Å². The van der Waals surface area contributed by atoms with E-state index in [9.17, 15) is 0 Å². The fraction of sp³-hybridized carbons (Fsp3) is 1.00. The zero-order chi connectivity index (χ0) is 4.99. The maximum atomic E-state index is 8.39. The van der Waals surface area contributed by atoms with Crippen LogP contribution in [0.4, 0.5) is 0 Å². The molecule has 0 spiro atoms. The Hall–Kier alpha value is 1.35. The molecular weight excluding hydrogens is 176 g/mol. The van der Waals surface area contributed by atoms with E-state index in [0.29, 0.717) is 6.42 Å². The van der Waals surface area contributed by atoms with Crippen molar-refractivity contribution in [3.05, 3.63) is 0 Å². The zero-order valence-electron chi connectivity index (χ0n) is 4.89. The van der Waals surface area contributed by atoms with E-state index >= 15 is 0 Å². The molecule has 2 nitrogen and oxygen atoms in total. The summed E-state index contributed by atoms with van der Waals surface area (Å²) >= 11 is 0. The minimum absolute atomic E-state index is 0. The molecule has 0 aliphatic rings. The van der Waals surface area contributed by atoms with Gasteiger partial charge in [0.15, 0.2) is 0 Å². The number of rotatable bonds is 2. The first-order valence-corrected chi connectivity index (χ1v) is 2.06. The summed E-state index contributed by atoms with van der Waals surface area (Å²) in [7, 11) is 0. The van der Waals surface area contributed by atoms with Gasteiger partial charge in [-0.2, -0.15) is 0 Å². The van der Waals surface area contributed by atoms with E-state index in [1.807, 2.05) is 0 Å². The Kier molecular flexibility index (Phi) is 22.6. The summed E-state index contributed by atoms with van der Waals surface area (Å²) < 4.78 is 0. The molecule has 46 valence electrons. The molecule has 0 bridgehead atoms. The largest absolute Gasteiger partial charge is 0.396 e. The van der Waals surface area contributed by atoms with Gasteiger partial charge >= 0.3 is 0 Å². The SMILES string of the molecule is CC(O)CCO.[Ti].[Ti].